The lowest BCUT2D eigenvalue weighted by Gasteiger charge is -1.97. The maximum absolute atomic E-state index is 10.5. The number of hydrogen-bond acceptors (Lipinski definition) is 4. The molecule has 17 heavy (non-hydrogen) atoms. The van der Waals surface area contributed by atoms with Crippen molar-refractivity contribution in [3.63, 3.8) is 0 Å². The summed E-state index contributed by atoms with van der Waals surface area (Å²) in [5.41, 5.74) is 0.428. The minimum atomic E-state index is -0.985. The van der Waals surface area contributed by atoms with Gasteiger partial charge in [-0.3, -0.25) is 14.9 Å². The molecule has 1 aromatic carbocycles. The topological polar surface area (TPSA) is 104 Å². The number of carbonyl (C=O) groups is 1. The molecule has 0 aromatic heterocycles. The van der Waals surface area contributed by atoms with E-state index in [1.165, 1.54) is 24.3 Å². The van der Waals surface area contributed by atoms with Gasteiger partial charge < -0.3 is 5.11 Å². The Hall–Kier alpha value is -2.68. The Bertz CT molecular complexity index is 529. The largest absolute Gasteiger partial charge is 0.481 e. The standard InChI is InChI=1S/C11H8N2O4/c12-7-9-6-10(13(16)17)5-4-8(9)2-1-3-11(14)15/h1-2,4-6H,3H2,(H,14,15). The summed E-state index contributed by atoms with van der Waals surface area (Å²) >= 11 is 0. The zero-order chi connectivity index (χ0) is 12.8. The first kappa shape index (κ1) is 12.4. The van der Waals surface area contributed by atoms with E-state index in [0.29, 0.717) is 5.56 Å². The molecule has 1 rings (SSSR count). The summed E-state index contributed by atoms with van der Waals surface area (Å²) in [5.74, 6) is -0.985. The molecule has 1 aromatic rings. The van der Waals surface area contributed by atoms with Crippen LogP contribution in [0.4, 0.5) is 5.69 Å². The highest BCUT2D eigenvalue weighted by Crippen LogP contribution is 2.18. The molecule has 0 aliphatic rings. The average Bonchev–Trinajstić information content (AvgIpc) is 2.28. The molecular formula is C11H8N2O4. The number of benzene rings is 1. The van der Waals surface area contributed by atoms with Gasteiger partial charge in [-0.15, -0.1) is 0 Å². The van der Waals surface area contributed by atoms with Crippen molar-refractivity contribution in [1.29, 1.82) is 5.26 Å². The summed E-state index contributed by atoms with van der Waals surface area (Å²) in [6.45, 7) is 0. The van der Waals surface area contributed by atoms with E-state index in [1.807, 2.05) is 6.07 Å². The van der Waals surface area contributed by atoms with Crippen LogP contribution in [0.25, 0.3) is 6.08 Å². The summed E-state index contributed by atoms with van der Waals surface area (Å²) < 4.78 is 0. The molecule has 0 saturated carbocycles. The van der Waals surface area contributed by atoms with Gasteiger partial charge in [0.25, 0.3) is 5.69 Å². The van der Waals surface area contributed by atoms with Crippen LogP contribution in [0.15, 0.2) is 24.3 Å². The van der Waals surface area contributed by atoms with Crippen molar-refractivity contribution in [1.82, 2.24) is 0 Å². The van der Waals surface area contributed by atoms with Gasteiger partial charge in [0.1, 0.15) is 6.07 Å². The molecule has 0 atom stereocenters. The van der Waals surface area contributed by atoms with Crippen LogP contribution in [0, 0.1) is 21.4 Å². The van der Waals surface area contributed by atoms with Crippen LogP contribution in [0.3, 0.4) is 0 Å². The van der Waals surface area contributed by atoms with Crippen molar-refractivity contribution in [2.75, 3.05) is 0 Å². The smallest absolute Gasteiger partial charge is 0.307 e. The van der Waals surface area contributed by atoms with Gasteiger partial charge in [-0.25, -0.2) is 0 Å². The Kier molecular flexibility index (Phi) is 3.95. The van der Waals surface area contributed by atoms with Crippen LogP contribution >= 0.6 is 0 Å². The second-order valence-electron chi connectivity index (χ2n) is 3.14. The third-order valence-corrected chi connectivity index (χ3v) is 1.96. The number of hydrogen-bond donors (Lipinski definition) is 1. The van der Waals surface area contributed by atoms with Crippen molar-refractivity contribution in [2.45, 2.75) is 6.42 Å². The van der Waals surface area contributed by atoms with Crippen molar-refractivity contribution >= 4 is 17.7 Å². The molecule has 0 heterocycles. The molecule has 0 unspecified atom stereocenters. The molecular weight excluding hydrogens is 224 g/mol. The summed E-state index contributed by atoms with van der Waals surface area (Å²) in [6, 6.07) is 5.66. The monoisotopic (exact) mass is 232 g/mol. The lowest BCUT2D eigenvalue weighted by atomic mass is 10.1. The summed E-state index contributed by atoms with van der Waals surface area (Å²) in [5, 5.41) is 27.7. The van der Waals surface area contributed by atoms with Crippen LogP contribution in [0.1, 0.15) is 17.5 Å². The number of nitrogens with zero attached hydrogens (tertiary/aromatic N) is 2. The zero-order valence-corrected chi connectivity index (χ0v) is 8.66. The predicted molar refractivity (Wildman–Crippen MR) is 59.1 cm³/mol. The molecule has 0 amide bonds. The summed E-state index contributed by atoms with van der Waals surface area (Å²) in [6.07, 6.45) is 2.67. The molecule has 0 bridgehead atoms. The van der Waals surface area contributed by atoms with E-state index in [-0.39, 0.29) is 17.7 Å². The first-order valence-electron chi connectivity index (χ1n) is 4.61. The molecule has 0 saturated heterocycles. The molecule has 1 N–H and O–H groups in total. The van der Waals surface area contributed by atoms with Crippen molar-refractivity contribution in [3.05, 3.63) is 45.5 Å². The molecule has 0 spiro atoms. The molecule has 86 valence electrons. The van der Waals surface area contributed by atoms with E-state index in [0.717, 1.165) is 6.07 Å². The Balaban J connectivity index is 3.02. The van der Waals surface area contributed by atoms with Crippen molar-refractivity contribution < 1.29 is 14.8 Å². The fourth-order valence-corrected chi connectivity index (χ4v) is 1.19. The number of carboxylic acids is 1. The van der Waals surface area contributed by atoms with Gasteiger partial charge in [0, 0.05) is 12.1 Å². The Morgan fingerprint density at radius 1 is 1.59 bits per heavy atom. The third-order valence-electron chi connectivity index (χ3n) is 1.96. The van der Waals surface area contributed by atoms with E-state index < -0.39 is 10.9 Å². The van der Waals surface area contributed by atoms with Crippen LogP contribution < -0.4 is 0 Å². The maximum atomic E-state index is 10.5. The van der Waals surface area contributed by atoms with Crippen LogP contribution in [0.5, 0.6) is 0 Å². The van der Waals surface area contributed by atoms with Gasteiger partial charge >= 0.3 is 5.97 Å². The molecule has 0 radical (unpaired) electrons. The van der Waals surface area contributed by atoms with Crippen molar-refractivity contribution in [3.8, 4) is 6.07 Å². The highest BCUT2D eigenvalue weighted by atomic mass is 16.6. The van der Waals surface area contributed by atoms with Crippen LogP contribution in [-0.4, -0.2) is 16.0 Å². The quantitative estimate of drug-likeness (QED) is 0.631. The highest BCUT2D eigenvalue weighted by Gasteiger charge is 2.08. The van der Waals surface area contributed by atoms with Gasteiger partial charge in [-0.2, -0.15) is 5.26 Å². The Morgan fingerprint density at radius 3 is 2.82 bits per heavy atom. The molecule has 6 nitrogen and oxygen atoms in total. The maximum Gasteiger partial charge on any atom is 0.307 e. The number of aliphatic carboxylic acids is 1. The first-order valence-corrected chi connectivity index (χ1v) is 4.61. The van der Waals surface area contributed by atoms with Gasteiger partial charge in [0.15, 0.2) is 0 Å². The lowest BCUT2D eigenvalue weighted by Crippen LogP contribution is -1.92. The van der Waals surface area contributed by atoms with Gasteiger partial charge in [-0.1, -0.05) is 12.2 Å². The molecule has 0 fully saturated rings. The van der Waals surface area contributed by atoms with E-state index in [9.17, 15) is 14.9 Å². The summed E-state index contributed by atoms with van der Waals surface area (Å²) in [7, 11) is 0. The Labute approximate surface area is 96.6 Å². The number of nitriles is 1. The second kappa shape index (κ2) is 5.42. The average molecular weight is 232 g/mol. The second-order valence-corrected chi connectivity index (χ2v) is 3.14. The van der Waals surface area contributed by atoms with Crippen molar-refractivity contribution in [2.24, 2.45) is 0 Å². The summed E-state index contributed by atoms with van der Waals surface area (Å²) in [4.78, 5) is 20.2. The fraction of sp³-hybridized carbons (Fsp3) is 0.0909. The number of nitro groups is 1. The highest BCUT2D eigenvalue weighted by molar-refractivity contribution is 5.71. The van der Waals surface area contributed by atoms with Gasteiger partial charge in [0.05, 0.1) is 16.9 Å². The minimum absolute atomic E-state index is 0.140. The lowest BCUT2D eigenvalue weighted by molar-refractivity contribution is -0.384. The Morgan fingerprint density at radius 2 is 2.29 bits per heavy atom. The normalized spacial score (nSPS) is 10.1. The van der Waals surface area contributed by atoms with Crippen LogP contribution in [0.2, 0.25) is 0 Å². The van der Waals surface area contributed by atoms with Gasteiger partial charge in [0.2, 0.25) is 0 Å². The third kappa shape index (κ3) is 3.43. The van der Waals surface area contributed by atoms with Crippen LogP contribution in [-0.2, 0) is 4.79 Å². The molecule has 6 heteroatoms. The van der Waals surface area contributed by atoms with E-state index >= 15 is 0 Å². The fourth-order valence-electron chi connectivity index (χ4n) is 1.19. The molecule has 0 aliphatic carbocycles. The SMILES string of the molecule is N#Cc1cc([N+](=O)[O-])ccc1C=CCC(=O)O. The zero-order valence-electron chi connectivity index (χ0n) is 8.66. The number of nitro benzene ring substituents is 1. The number of carboxylic acid groups (broad SMARTS) is 1. The van der Waals surface area contributed by atoms with E-state index in [2.05, 4.69) is 0 Å². The predicted octanol–water partition coefficient (Wildman–Crippen LogP) is 1.95. The van der Waals surface area contributed by atoms with E-state index in [1.54, 1.807) is 0 Å². The van der Waals surface area contributed by atoms with Gasteiger partial charge in [-0.05, 0) is 11.6 Å². The number of rotatable bonds is 4. The minimum Gasteiger partial charge on any atom is -0.481 e. The first-order chi connectivity index (χ1) is 8.04. The van der Waals surface area contributed by atoms with E-state index in [4.69, 9.17) is 10.4 Å². The number of non-ortho nitro benzene ring substituents is 1. The molecule has 0 aliphatic heterocycles.